The number of aromatic nitrogens is 1. The second-order valence-electron chi connectivity index (χ2n) is 5.30. The lowest BCUT2D eigenvalue weighted by Gasteiger charge is -2.11. The summed E-state index contributed by atoms with van der Waals surface area (Å²) >= 11 is 6.22. The van der Waals surface area contributed by atoms with Gasteiger partial charge in [-0.2, -0.15) is 0 Å². The lowest BCUT2D eigenvalue weighted by atomic mass is 10.0. The molecule has 3 aromatic rings. The number of carbonyl (C=O) groups is 2. The van der Waals surface area contributed by atoms with E-state index >= 15 is 0 Å². The second kappa shape index (κ2) is 6.05. The first-order chi connectivity index (χ1) is 11.5. The van der Waals surface area contributed by atoms with Crippen LogP contribution in [0.2, 0.25) is 5.02 Å². The van der Waals surface area contributed by atoms with Crippen molar-refractivity contribution in [3.05, 3.63) is 50.5 Å². The molecule has 0 aliphatic heterocycles. The molecule has 1 aromatic carbocycles. The van der Waals surface area contributed by atoms with Crippen LogP contribution in [-0.4, -0.2) is 22.3 Å². The van der Waals surface area contributed by atoms with Crippen molar-refractivity contribution in [2.75, 3.05) is 0 Å². The van der Waals surface area contributed by atoms with E-state index in [1.807, 2.05) is 6.92 Å². The molecule has 0 fully saturated rings. The number of carboxylic acid groups (broad SMARTS) is 1. The molecule has 0 amide bonds. The quantitative estimate of drug-likeness (QED) is 0.574. The van der Waals surface area contributed by atoms with Gasteiger partial charge in [-0.05, 0) is 18.6 Å². The zero-order chi connectivity index (χ0) is 17.4. The van der Waals surface area contributed by atoms with Gasteiger partial charge in [0.25, 0.3) is 0 Å². The summed E-state index contributed by atoms with van der Waals surface area (Å²) in [7, 11) is 0. The fraction of sp³-hybridized carbons (Fsp3) is 0.176. The van der Waals surface area contributed by atoms with Gasteiger partial charge in [0.05, 0.1) is 15.9 Å². The molecule has 0 saturated heterocycles. The monoisotopic (exact) mass is 345 g/mol. The highest BCUT2D eigenvalue weighted by Gasteiger charge is 2.18. The number of pyridine rings is 1. The molecule has 2 heterocycles. The number of halogens is 1. The molecule has 0 unspecified atom stereocenters. The fourth-order valence-corrected chi connectivity index (χ4v) is 2.93. The van der Waals surface area contributed by atoms with Gasteiger partial charge in [0.15, 0.2) is 11.7 Å². The van der Waals surface area contributed by atoms with Crippen LogP contribution in [-0.2, 0) is 6.42 Å². The standard InChI is InChI=1S/C17H12ClNO5/c1-2-3-9-15-10(12(18)4-8(7-20)19-15)5-11-13(21)6-14(17(22)23)24-16(9)11/h4-7H,2-3H2,1H3,(H,22,23). The number of rotatable bonds is 4. The highest BCUT2D eigenvalue weighted by Crippen LogP contribution is 2.32. The summed E-state index contributed by atoms with van der Waals surface area (Å²) in [5.74, 6) is -1.77. The van der Waals surface area contributed by atoms with Crippen LogP contribution in [0.1, 0.15) is 40.0 Å². The van der Waals surface area contributed by atoms with Crippen molar-refractivity contribution < 1.29 is 19.1 Å². The van der Waals surface area contributed by atoms with Crippen molar-refractivity contribution in [3.63, 3.8) is 0 Å². The maximum Gasteiger partial charge on any atom is 0.371 e. The molecule has 122 valence electrons. The minimum absolute atomic E-state index is 0.154. The Balaban J connectivity index is 2.56. The third kappa shape index (κ3) is 2.55. The van der Waals surface area contributed by atoms with E-state index in [-0.39, 0.29) is 16.7 Å². The third-order valence-corrected chi connectivity index (χ3v) is 4.01. The van der Waals surface area contributed by atoms with Crippen LogP contribution in [0.4, 0.5) is 0 Å². The zero-order valence-electron chi connectivity index (χ0n) is 12.6. The minimum atomic E-state index is -1.33. The van der Waals surface area contributed by atoms with Crippen LogP contribution in [0.15, 0.2) is 27.4 Å². The molecule has 0 saturated carbocycles. The Morgan fingerprint density at radius 1 is 1.33 bits per heavy atom. The largest absolute Gasteiger partial charge is 0.475 e. The van der Waals surface area contributed by atoms with Crippen LogP contribution in [0.25, 0.3) is 21.9 Å². The fourth-order valence-electron chi connectivity index (χ4n) is 2.67. The van der Waals surface area contributed by atoms with Crippen LogP contribution in [0.5, 0.6) is 0 Å². The van der Waals surface area contributed by atoms with Gasteiger partial charge in [-0.1, -0.05) is 24.9 Å². The lowest BCUT2D eigenvalue weighted by Crippen LogP contribution is -2.08. The Kier molecular flexibility index (Phi) is 4.07. The van der Waals surface area contributed by atoms with Crippen molar-refractivity contribution in [2.24, 2.45) is 0 Å². The van der Waals surface area contributed by atoms with Crippen molar-refractivity contribution in [2.45, 2.75) is 19.8 Å². The maximum absolute atomic E-state index is 12.3. The molecule has 0 radical (unpaired) electrons. The summed E-state index contributed by atoms with van der Waals surface area (Å²) in [6.07, 6.45) is 1.78. The molecule has 2 aromatic heterocycles. The van der Waals surface area contributed by atoms with Gasteiger partial charge in [-0.3, -0.25) is 9.59 Å². The summed E-state index contributed by atoms with van der Waals surface area (Å²) in [6, 6.07) is 3.88. The van der Waals surface area contributed by atoms with Gasteiger partial charge in [-0.25, -0.2) is 9.78 Å². The van der Waals surface area contributed by atoms with E-state index in [0.29, 0.717) is 40.6 Å². The van der Waals surface area contributed by atoms with Crippen molar-refractivity contribution in [1.29, 1.82) is 0 Å². The Morgan fingerprint density at radius 3 is 2.71 bits per heavy atom. The highest BCUT2D eigenvalue weighted by molar-refractivity contribution is 6.36. The predicted octanol–water partition coefficient (Wildman–Crippen LogP) is 3.46. The van der Waals surface area contributed by atoms with E-state index < -0.39 is 17.2 Å². The summed E-state index contributed by atoms with van der Waals surface area (Å²) in [5, 5.41) is 10.2. The number of nitrogens with zero attached hydrogens (tertiary/aromatic N) is 1. The lowest BCUT2D eigenvalue weighted by molar-refractivity contribution is 0.0663. The first-order valence-corrected chi connectivity index (χ1v) is 7.62. The van der Waals surface area contributed by atoms with E-state index in [9.17, 15) is 14.4 Å². The van der Waals surface area contributed by atoms with Gasteiger partial charge in [0.1, 0.15) is 11.3 Å². The molecule has 7 heteroatoms. The van der Waals surface area contributed by atoms with E-state index in [1.54, 1.807) is 0 Å². The molecule has 0 aliphatic carbocycles. The Morgan fingerprint density at radius 2 is 2.08 bits per heavy atom. The average molecular weight is 346 g/mol. The Hall–Kier alpha value is -2.73. The molecule has 0 bridgehead atoms. The number of aryl methyl sites for hydroxylation is 1. The van der Waals surface area contributed by atoms with Crippen molar-refractivity contribution >= 4 is 45.7 Å². The van der Waals surface area contributed by atoms with Crippen LogP contribution in [0, 0.1) is 0 Å². The van der Waals surface area contributed by atoms with Gasteiger partial charge in [0, 0.05) is 17.0 Å². The summed E-state index contributed by atoms with van der Waals surface area (Å²) in [4.78, 5) is 38.8. The average Bonchev–Trinajstić information content (AvgIpc) is 2.55. The zero-order valence-corrected chi connectivity index (χ0v) is 13.4. The van der Waals surface area contributed by atoms with Crippen LogP contribution in [0.3, 0.4) is 0 Å². The number of aromatic carboxylic acids is 1. The molecule has 24 heavy (non-hydrogen) atoms. The smallest absolute Gasteiger partial charge is 0.371 e. The number of carboxylic acids is 1. The first-order valence-electron chi connectivity index (χ1n) is 7.24. The normalized spacial score (nSPS) is 11.1. The maximum atomic E-state index is 12.3. The molecule has 0 aliphatic rings. The number of hydrogen-bond acceptors (Lipinski definition) is 5. The molecular formula is C17H12ClNO5. The predicted molar refractivity (Wildman–Crippen MR) is 89.1 cm³/mol. The highest BCUT2D eigenvalue weighted by atomic mass is 35.5. The summed E-state index contributed by atoms with van der Waals surface area (Å²) in [5.41, 5.74) is 0.852. The van der Waals surface area contributed by atoms with E-state index in [1.165, 1.54) is 12.1 Å². The third-order valence-electron chi connectivity index (χ3n) is 3.69. The first kappa shape index (κ1) is 16.1. The number of aldehydes is 1. The number of fused-ring (bicyclic) bond motifs is 2. The molecule has 0 atom stereocenters. The summed E-state index contributed by atoms with van der Waals surface area (Å²) in [6.45, 7) is 1.93. The van der Waals surface area contributed by atoms with E-state index in [4.69, 9.17) is 21.1 Å². The van der Waals surface area contributed by atoms with Crippen molar-refractivity contribution in [1.82, 2.24) is 4.98 Å². The van der Waals surface area contributed by atoms with Crippen molar-refractivity contribution in [3.8, 4) is 0 Å². The van der Waals surface area contributed by atoms with Gasteiger partial charge in [0.2, 0.25) is 5.76 Å². The number of carbonyl (C=O) groups excluding carboxylic acids is 1. The number of benzene rings is 1. The Labute approximate surface area is 140 Å². The SMILES string of the molecule is CCCc1c2nc(C=O)cc(Cl)c2cc2c(=O)cc(C(=O)O)oc12. The summed E-state index contributed by atoms with van der Waals surface area (Å²) < 4.78 is 5.44. The second-order valence-corrected chi connectivity index (χ2v) is 5.71. The molecular weight excluding hydrogens is 334 g/mol. The molecule has 1 N–H and O–H groups in total. The van der Waals surface area contributed by atoms with Crippen LogP contribution >= 0.6 is 11.6 Å². The number of hydrogen-bond donors (Lipinski definition) is 1. The molecule has 6 nitrogen and oxygen atoms in total. The Bertz CT molecular complexity index is 1050. The molecule has 0 spiro atoms. The van der Waals surface area contributed by atoms with Gasteiger partial charge >= 0.3 is 5.97 Å². The van der Waals surface area contributed by atoms with E-state index in [0.717, 1.165) is 6.07 Å². The van der Waals surface area contributed by atoms with E-state index in [2.05, 4.69) is 4.98 Å². The molecule has 3 rings (SSSR count). The van der Waals surface area contributed by atoms with Gasteiger partial charge in [-0.15, -0.1) is 0 Å². The minimum Gasteiger partial charge on any atom is -0.475 e. The topological polar surface area (TPSA) is 97.5 Å². The van der Waals surface area contributed by atoms with Gasteiger partial charge < -0.3 is 9.52 Å². The van der Waals surface area contributed by atoms with Crippen LogP contribution < -0.4 is 5.43 Å².